The minimum atomic E-state index is -0.274. The van der Waals surface area contributed by atoms with E-state index < -0.39 is 0 Å². The highest BCUT2D eigenvalue weighted by Crippen LogP contribution is 2.27. The molecule has 0 spiro atoms. The van der Waals surface area contributed by atoms with Crippen LogP contribution in [0.15, 0.2) is 84.1 Å². The van der Waals surface area contributed by atoms with Gasteiger partial charge in [-0.05, 0) is 72.8 Å². The molecule has 1 heterocycles. The molecule has 0 saturated carbocycles. The van der Waals surface area contributed by atoms with Gasteiger partial charge in [-0.15, -0.1) is 0 Å². The number of thioether (sulfide) groups is 1. The summed E-state index contributed by atoms with van der Waals surface area (Å²) in [6.45, 7) is 0.536. The lowest BCUT2D eigenvalue weighted by Gasteiger charge is -2.21. The molecule has 0 aliphatic heterocycles. The maximum Gasteiger partial charge on any atom is 0.173 e. The molecule has 8 heteroatoms. The van der Waals surface area contributed by atoms with E-state index in [2.05, 4.69) is 4.98 Å². The Bertz CT molecular complexity index is 1260. The van der Waals surface area contributed by atoms with Crippen molar-refractivity contribution in [3.63, 3.8) is 0 Å². The van der Waals surface area contributed by atoms with Crippen molar-refractivity contribution < 1.29 is 13.9 Å². The highest BCUT2D eigenvalue weighted by molar-refractivity contribution is 7.99. The predicted molar refractivity (Wildman–Crippen MR) is 135 cm³/mol. The Labute approximate surface area is 207 Å². The molecule has 0 unspecified atom stereocenters. The molecule has 174 valence electrons. The average Bonchev–Trinajstić information content (AvgIpc) is 3.25. The molecule has 34 heavy (non-hydrogen) atoms. The van der Waals surface area contributed by atoms with Crippen LogP contribution in [-0.4, -0.2) is 35.2 Å². The van der Waals surface area contributed by atoms with E-state index in [0.717, 1.165) is 17.1 Å². The number of carbonyl (C=O) groups excluding carboxylic acids is 1. The Morgan fingerprint density at radius 2 is 1.74 bits per heavy atom. The van der Waals surface area contributed by atoms with E-state index in [9.17, 15) is 9.18 Å². The van der Waals surface area contributed by atoms with E-state index >= 15 is 0 Å². The molecule has 0 N–H and O–H groups in total. The fourth-order valence-electron chi connectivity index (χ4n) is 3.47. The summed E-state index contributed by atoms with van der Waals surface area (Å²) >= 11 is 7.47. The van der Waals surface area contributed by atoms with Gasteiger partial charge in [-0.3, -0.25) is 9.36 Å². The molecule has 0 amide bonds. The smallest absolute Gasteiger partial charge is 0.173 e. The summed E-state index contributed by atoms with van der Waals surface area (Å²) in [6, 6.07) is 20.9. The van der Waals surface area contributed by atoms with Crippen molar-refractivity contribution in [2.24, 2.45) is 0 Å². The fourth-order valence-corrected chi connectivity index (χ4v) is 4.50. The number of rotatable bonds is 9. The summed E-state index contributed by atoms with van der Waals surface area (Å²) in [5.41, 5.74) is 3.32. The lowest BCUT2D eigenvalue weighted by molar-refractivity contribution is 0.102. The van der Waals surface area contributed by atoms with E-state index in [4.69, 9.17) is 16.3 Å². The largest absolute Gasteiger partial charge is 0.497 e. The summed E-state index contributed by atoms with van der Waals surface area (Å²) < 4.78 is 20.5. The third kappa shape index (κ3) is 5.61. The van der Waals surface area contributed by atoms with Crippen molar-refractivity contribution >= 4 is 34.8 Å². The topological polar surface area (TPSA) is 47.4 Å². The van der Waals surface area contributed by atoms with Crippen LogP contribution in [0.4, 0.5) is 10.1 Å². The Morgan fingerprint density at radius 1 is 1.06 bits per heavy atom. The van der Waals surface area contributed by atoms with Gasteiger partial charge in [-0.1, -0.05) is 23.4 Å². The van der Waals surface area contributed by atoms with Crippen molar-refractivity contribution in [3.8, 4) is 11.4 Å². The van der Waals surface area contributed by atoms with Gasteiger partial charge in [0.15, 0.2) is 10.9 Å². The molecule has 4 rings (SSSR count). The van der Waals surface area contributed by atoms with Crippen molar-refractivity contribution in [3.05, 3.63) is 101 Å². The average molecular weight is 496 g/mol. The lowest BCUT2D eigenvalue weighted by Crippen LogP contribution is -2.18. The number of hydrogen-bond acceptors (Lipinski definition) is 5. The quantitative estimate of drug-likeness (QED) is 0.202. The predicted octanol–water partition coefficient (Wildman–Crippen LogP) is 6.28. The van der Waals surface area contributed by atoms with Crippen LogP contribution in [0.2, 0.25) is 5.02 Å². The molecule has 3 aromatic carbocycles. The standard InChI is InChI=1S/C26H23ClFN3O2S/c1-30(21-11-7-20(28)8-12-21)16-23-15-29-26(31(23)22-9-5-19(27)6-10-22)34-17-25(32)18-3-13-24(33-2)14-4-18/h3-15H,16-17H2,1-2H3. The molecule has 0 radical (unpaired) electrons. The van der Waals surface area contributed by atoms with Crippen LogP contribution in [0.25, 0.3) is 5.69 Å². The number of imidazole rings is 1. The number of Topliss-reactive ketones (excluding diaryl/α,β-unsaturated/α-hetero) is 1. The zero-order valence-corrected chi connectivity index (χ0v) is 20.3. The zero-order valence-electron chi connectivity index (χ0n) is 18.7. The fraction of sp³-hybridized carbons (Fsp3) is 0.154. The molecule has 0 aliphatic carbocycles. The first-order chi connectivity index (χ1) is 16.4. The van der Waals surface area contributed by atoms with E-state index in [0.29, 0.717) is 28.0 Å². The number of carbonyl (C=O) groups is 1. The van der Waals surface area contributed by atoms with Crippen molar-refractivity contribution in [2.75, 3.05) is 24.8 Å². The minimum Gasteiger partial charge on any atom is -0.497 e. The van der Waals surface area contributed by atoms with Gasteiger partial charge in [0.05, 0.1) is 31.3 Å². The van der Waals surface area contributed by atoms with Crippen molar-refractivity contribution in [2.45, 2.75) is 11.7 Å². The van der Waals surface area contributed by atoms with Crippen LogP contribution in [0.3, 0.4) is 0 Å². The first-order valence-corrected chi connectivity index (χ1v) is 11.9. The minimum absolute atomic E-state index is 0.00305. The molecule has 1 aromatic heterocycles. The first-order valence-electron chi connectivity index (χ1n) is 10.5. The summed E-state index contributed by atoms with van der Waals surface area (Å²) in [5.74, 6) is 0.675. The third-order valence-electron chi connectivity index (χ3n) is 5.30. The first kappa shape index (κ1) is 23.9. The summed E-state index contributed by atoms with van der Waals surface area (Å²) in [7, 11) is 3.53. The Balaban J connectivity index is 1.57. The van der Waals surface area contributed by atoms with Crippen LogP contribution >= 0.6 is 23.4 Å². The van der Waals surface area contributed by atoms with Gasteiger partial charge in [-0.25, -0.2) is 9.37 Å². The molecule has 0 fully saturated rings. The number of aromatic nitrogens is 2. The number of halogens is 2. The molecule has 4 aromatic rings. The number of ketones is 1. The van der Waals surface area contributed by atoms with Crippen LogP contribution in [-0.2, 0) is 6.54 Å². The van der Waals surface area contributed by atoms with Crippen LogP contribution in [0.5, 0.6) is 5.75 Å². The van der Waals surface area contributed by atoms with Gasteiger partial charge < -0.3 is 9.64 Å². The second kappa shape index (κ2) is 10.8. The Hall–Kier alpha value is -3.29. The maximum atomic E-state index is 13.3. The number of anilines is 1. The molecular weight excluding hydrogens is 473 g/mol. The highest BCUT2D eigenvalue weighted by Gasteiger charge is 2.17. The number of benzene rings is 3. The monoisotopic (exact) mass is 495 g/mol. The maximum absolute atomic E-state index is 13.3. The summed E-state index contributed by atoms with van der Waals surface area (Å²) in [6.07, 6.45) is 1.80. The Kier molecular flexibility index (Phi) is 7.55. The third-order valence-corrected chi connectivity index (χ3v) is 6.50. The second-order valence-electron chi connectivity index (χ2n) is 7.62. The van der Waals surface area contributed by atoms with Gasteiger partial charge in [0.1, 0.15) is 11.6 Å². The van der Waals surface area contributed by atoms with E-state index in [1.807, 2.05) is 40.8 Å². The van der Waals surface area contributed by atoms with Gasteiger partial charge in [0, 0.05) is 29.0 Å². The number of nitrogens with zero attached hydrogens (tertiary/aromatic N) is 3. The van der Waals surface area contributed by atoms with Gasteiger partial charge in [-0.2, -0.15) is 0 Å². The van der Waals surface area contributed by atoms with Crippen LogP contribution in [0.1, 0.15) is 16.1 Å². The van der Waals surface area contributed by atoms with Crippen LogP contribution in [0, 0.1) is 5.82 Å². The normalized spacial score (nSPS) is 10.8. The van der Waals surface area contributed by atoms with E-state index in [1.54, 1.807) is 49.7 Å². The van der Waals surface area contributed by atoms with E-state index in [-0.39, 0.29) is 17.4 Å². The van der Waals surface area contributed by atoms with Gasteiger partial charge in [0.25, 0.3) is 0 Å². The molecule has 0 bridgehead atoms. The van der Waals surface area contributed by atoms with Crippen molar-refractivity contribution in [1.29, 1.82) is 0 Å². The molecule has 0 saturated heterocycles. The molecule has 0 atom stereocenters. The molecule has 5 nitrogen and oxygen atoms in total. The summed E-state index contributed by atoms with van der Waals surface area (Å²) in [4.78, 5) is 19.4. The Morgan fingerprint density at radius 3 is 2.38 bits per heavy atom. The van der Waals surface area contributed by atoms with Crippen molar-refractivity contribution in [1.82, 2.24) is 9.55 Å². The van der Waals surface area contributed by atoms with Gasteiger partial charge in [0.2, 0.25) is 0 Å². The van der Waals surface area contributed by atoms with Crippen LogP contribution < -0.4 is 9.64 Å². The summed E-state index contributed by atoms with van der Waals surface area (Å²) in [5, 5.41) is 1.34. The molecular formula is C26H23ClFN3O2S. The second-order valence-corrected chi connectivity index (χ2v) is 9.00. The zero-order chi connectivity index (χ0) is 24.1. The number of ether oxygens (including phenoxy) is 1. The number of methoxy groups -OCH3 is 1. The molecule has 0 aliphatic rings. The highest BCUT2D eigenvalue weighted by atomic mass is 35.5. The SMILES string of the molecule is COc1ccc(C(=O)CSc2ncc(CN(C)c3ccc(F)cc3)n2-c2ccc(Cl)cc2)cc1. The van der Waals surface area contributed by atoms with E-state index in [1.165, 1.54) is 23.9 Å². The van der Waals surface area contributed by atoms with Gasteiger partial charge >= 0.3 is 0 Å². The lowest BCUT2D eigenvalue weighted by atomic mass is 10.1. The number of hydrogen-bond donors (Lipinski definition) is 0.